The first kappa shape index (κ1) is 13.5. The Kier molecular flexibility index (Phi) is 5.26. The summed E-state index contributed by atoms with van der Waals surface area (Å²) in [5.41, 5.74) is 1.08. The quantitative estimate of drug-likeness (QED) is 0.877. The fourth-order valence-corrected chi connectivity index (χ4v) is 2.35. The molecule has 0 bridgehead atoms. The number of rotatable bonds is 5. The molecule has 0 unspecified atom stereocenters. The summed E-state index contributed by atoms with van der Waals surface area (Å²) in [4.78, 5) is 4.14. The van der Waals surface area contributed by atoms with Crippen molar-refractivity contribution in [3.63, 3.8) is 0 Å². The van der Waals surface area contributed by atoms with Gasteiger partial charge in [-0.1, -0.05) is 27.7 Å². The Bertz CT molecular complexity index is 315. The molecule has 3 heteroatoms. The molecule has 0 aliphatic carbocycles. The van der Waals surface area contributed by atoms with E-state index in [1.165, 1.54) is 0 Å². The number of pyridine rings is 1. The van der Waals surface area contributed by atoms with E-state index in [1.807, 2.05) is 6.20 Å². The Morgan fingerprint density at radius 2 is 1.81 bits per heavy atom. The minimum atomic E-state index is 0.694. The fourth-order valence-electron chi connectivity index (χ4n) is 1.99. The molecule has 1 N–H and O–H groups in total. The van der Waals surface area contributed by atoms with Crippen LogP contribution in [0.25, 0.3) is 0 Å². The highest BCUT2D eigenvalue weighted by atomic mass is 79.9. The highest BCUT2D eigenvalue weighted by Crippen LogP contribution is 2.21. The molecular formula is C13H21BrN2. The Morgan fingerprint density at radius 1 is 1.19 bits per heavy atom. The van der Waals surface area contributed by atoms with E-state index in [9.17, 15) is 0 Å². The highest BCUT2D eigenvalue weighted by Gasteiger charge is 2.16. The van der Waals surface area contributed by atoms with Crippen LogP contribution in [0.1, 0.15) is 27.7 Å². The van der Waals surface area contributed by atoms with Crippen molar-refractivity contribution in [2.45, 2.75) is 27.7 Å². The van der Waals surface area contributed by atoms with Crippen LogP contribution in [0.2, 0.25) is 0 Å². The topological polar surface area (TPSA) is 24.9 Å². The Morgan fingerprint density at radius 3 is 2.31 bits per heavy atom. The molecule has 0 aromatic carbocycles. The zero-order chi connectivity index (χ0) is 12.1. The van der Waals surface area contributed by atoms with Gasteiger partial charge in [0.1, 0.15) is 0 Å². The number of nitrogens with one attached hydrogen (secondary N) is 1. The molecule has 1 rings (SSSR count). The lowest BCUT2D eigenvalue weighted by Crippen LogP contribution is -2.24. The van der Waals surface area contributed by atoms with E-state index in [0.717, 1.165) is 16.7 Å². The van der Waals surface area contributed by atoms with Gasteiger partial charge in [-0.2, -0.15) is 0 Å². The minimum Gasteiger partial charge on any atom is -0.383 e. The van der Waals surface area contributed by atoms with Crippen LogP contribution in [-0.2, 0) is 0 Å². The van der Waals surface area contributed by atoms with Crippen LogP contribution in [0.3, 0.4) is 0 Å². The molecule has 0 amide bonds. The summed E-state index contributed by atoms with van der Waals surface area (Å²) in [5, 5.41) is 3.46. The average molecular weight is 285 g/mol. The zero-order valence-electron chi connectivity index (χ0n) is 10.5. The van der Waals surface area contributed by atoms with Crippen molar-refractivity contribution >= 4 is 21.6 Å². The number of hydrogen-bond donors (Lipinski definition) is 1. The van der Waals surface area contributed by atoms with Crippen molar-refractivity contribution in [1.82, 2.24) is 4.98 Å². The molecule has 1 aromatic rings. The molecule has 0 spiro atoms. The van der Waals surface area contributed by atoms with Crippen LogP contribution in [-0.4, -0.2) is 11.5 Å². The van der Waals surface area contributed by atoms with Crippen LogP contribution in [0, 0.1) is 17.8 Å². The molecule has 16 heavy (non-hydrogen) atoms. The molecule has 0 fully saturated rings. The Balaban J connectivity index is 2.55. The molecular weight excluding hydrogens is 264 g/mol. The first-order valence-corrected chi connectivity index (χ1v) is 6.64. The van der Waals surface area contributed by atoms with Crippen LogP contribution in [0.15, 0.2) is 22.9 Å². The fraction of sp³-hybridized carbons (Fsp3) is 0.615. The lowest BCUT2D eigenvalue weighted by Gasteiger charge is -2.25. The normalized spacial score (nSPS) is 11.5. The van der Waals surface area contributed by atoms with Gasteiger partial charge in [-0.15, -0.1) is 0 Å². The third-order valence-electron chi connectivity index (χ3n) is 2.96. The van der Waals surface area contributed by atoms with E-state index in [2.05, 4.69) is 60.0 Å². The molecule has 1 heterocycles. The van der Waals surface area contributed by atoms with Crippen LogP contribution in [0.4, 0.5) is 5.69 Å². The van der Waals surface area contributed by atoms with Gasteiger partial charge < -0.3 is 5.32 Å². The maximum absolute atomic E-state index is 4.14. The second kappa shape index (κ2) is 6.24. The molecule has 0 atom stereocenters. The highest BCUT2D eigenvalue weighted by molar-refractivity contribution is 9.10. The van der Waals surface area contributed by atoms with Gasteiger partial charge in [0.05, 0.1) is 11.9 Å². The number of hydrogen-bond acceptors (Lipinski definition) is 2. The van der Waals surface area contributed by atoms with E-state index < -0.39 is 0 Å². The van der Waals surface area contributed by atoms with Gasteiger partial charge in [0.2, 0.25) is 0 Å². The standard InChI is InChI=1S/C13H21BrN2/c1-9(2)13(10(3)4)8-16-12-5-11(14)6-15-7-12/h5-7,9-10,13,16H,8H2,1-4H3. The van der Waals surface area contributed by atoms with Crippen molar-refractivity contribution in [3.05, 3.63) is 22.9 Å². The molecule has 0 aliphatic heterocycles. The minimum absolute atomic E-state index is 0.694. The van der Waals surface area contributed by atoms with Gasteiger partial charge in [-0.05, 0) is 39.8 Å². The first-order chi connectivity index (χ1) is 7.50. The zero-order valence-corrected chi connectivity index (χ0v) is 12.1. The predicted octanol–water partition coefficient (Wildman–Crippen LogP) is 4.18. The monoisotopic (exact) mass is 284 g/mol. The number of nitrogens with zero attached hydrogens (tertiary/aromatic N) is 1. The maximum Gasteiger partial charge on any atom is 0.0538 e. The maximum atomic E-state index is 4.14. The lowest BCUT2D eigenvalue weighted by atomic mass is 9.85. The van der Waals surface area contributed by atoms with Gasteiger partial charge in [0.25, 0.3) is 0 Å². The molecule has 0 radical (unpaired) electrons. The van der Waals surface area contributed by atoms with E-state index in [4.69, 9.17) is 0 Å². The van der Waals surface area contributed by atoms with Crippen molar-refractivity contribution in [1.29, 1.82) is 0 Å². The lowest BCUT2D eigenvalue weighted by molar-refractivity contribution is 0.304. The smallest absolute Gasteiger partial charge is 0.0538 e. The summed E-state index contributed by atoms with van der Waals surface area (Å²) >= 11 is 3.42. The van der Waals surface area contributed by atoms with Gasteiger partial charge in [0, 0.05) is 17.2 Å². The van der Waals surface area contributed by atoms with Crippen molar-refractivity contribution < 1.29 is 0 Å². The van der Waals surface area contributed by atoms with Crippen molar-refractivity contribution in [2.24, 2.45) is 17.8 Å². The number of aromatic nitrogens is 1. The summed E-state index contributed by atoms with van der Waals surface area (Å²) in [6.07, 6.45) is 3.66. The Labute approximate surface area is 107 Å². The first-order valence-electron chi connectivity index (χ1n) is 5.85. The van der Waals surface area contributed by atoms with Crippen molar-refractivity contribution in [2.75, 3.05) is 11.9 Å². The van der Waals surface area contributed by atoms with E-state index in [1.54, 1.807) is 6.20 Å². The van der Waals surface area contributed by atoms with Gasteiger partial charge in [0.15, 0.2) is 0 Å². The van der Waals surface area contributed by atoms with Gasteiger partial charge in [-0.3, -0.25) is 4.98 Å². The van der Waals surface area contributed by atoms with Gasteiger partial charge in [-0.25, -0.2) is 0 Å². The third kappa shape index (κ3) is 4.12. The van der Waals surface area contributed by atoms with E-state index in [-0.39, 0.29) is 0 Å². The summed E-state index contributed by atoms with van der Waals surface area (Å²) < 4.78 is 1.02. The number of halogens is 1. The summed E-state index contributed by atoms with van der Waals surface area (Å²) in [7, 11) is 0. The summed E-state index contributed by atoms with van der Waals surface area (Å²) in [6.45, 7) is 10.1. The summed E-state index contributed by atoms with van der Waals surface area (Å²) in [6, 6.07) is 2.06. The van der Waals surface area contributed by atoms with Gasteiger partial charge >= 0.3 is 0 Å². The molecule has 2 nitrogen and oxygen atoms in total. The molecule has 0 saturated carbocycles. The molecule has 0 aliphatic rings. The van der Waals surface area contributed by atoms with Crippen LogP contribution in [0.5, 0.6) is 0 Å². The molecule has 90 valence electrons. The number of anilines is 1. The van der Waals surface area contributed by atoms with E-state index >= 15 is 0 Å². The van der Waals surface area contributed by atoms with Crippen LogP contribution < -0.4 is 5.32 Å². The second-order valence-corrected chi connectivity index (χ2v) is 5.84. The Hall–Kier alpha value is -0.570. The third-order valence-corrected chi connectivity index (χ3v) is 3.39. The SMILES string of the molecule is CC(C)C(CNc1cncc(Br)c1)C(C)C. The van der Waals surface area contributed by atoms with Crippen LogP contribution >= 0.6 is 15.9 Å². The molecule has 1 aromatic heterocycles. The molecule has 0 saturated heterocycles. The summed E-state index contributed by atoms with van der Waals surface area (Å²) in [5.74, 6) is 2.10. The predicted molar refractivity (Wildman–Crippen MR) is 73.6 cm³/mol. The largest absolute Gasteiger partial charge is 0.383 e. The van der Waals surface area contributed by atoms with E-state index in [0.29, 0.717) is 17.8 Å². The second-order valence-electron chi connectivity index (χ2n) is 4.92. The average Bonchev–Trinajstić information content (AvgIpc) is 2.16. The van der Waals surface area contributed by atoms with Crippen molar-refractivity contribution in [3.8, 4) is 0 Å².